The number of hydrogen-bond acceptors (Lipinski definition) is 2. The van der Waals surface area contributed by atoms with E-state index in [0.29, 0.717) is 23.6 Å². The molecule has 0 heterocycles. The smallest absolute Gasteiger partial charge is 0.166 e. The molecule has 104 valence electrons. The molecule has 0 saturated heterocycles. The minimum atomic E-state index is 0.0788. The third-order valence-corrected chi connectivity index (χ3v) is 3.62. The molecule has 20 heavy (non-hydrogen) atoms. The molecule has 0 unspecified atom stereocenters. The maximum Gasteiger partial charge on any atom is 0.166 e. The topological polar surface area (TPSA) is 20.3 Å². The van der Waals surface area contributed by atoms with E-state index in [1.54, 1.807) is 12.1 Å². The molecule has 0 spiro atoms. The lowest BCUT2D eigenvalue weighted by Crippen LogP contribution is -2.21. The number of aryl methyl sites for hydroxylation is 1. The van der Waals surface area contributed by atoms with Gasteiger partial charge >= 0.3 is 0 Å². The van der Waals surface area contributed by atoms with E-state index in [1.807, 2.05) is 31.3 Å². The van der Waals surface area contributed by atoms with Crippen LogP contribution in [-0.4, -0.2) is 19.4 Å². The molecule has 2 rings (SSSR count). The molecule has 0 bridgehead atoms. The van der Waals surface area contributed by atoms with Crippen LogP contribution in [0.2, 0.25) is 5.02 Å². The van der Waals surface area contributed by atoms with Gasteiger partial charge in [0.15, 0.2) is 5.78 Å². The number of rotatable bonds is 5. The van der Waals surface area contributed by atoms with Crippen molar-refractivity contribution in [1.82, 2.24) is 0 Å². The Labute approximate surface area is 125 Å². The lowest BCUT2D eigenvalue weighted by atomic mass is 10.1. The minimum absolute atomic E-state index is 0.0788. The summed E-state index contributed by atoms with van der Waals surface area (Å²) in [5.41, 5.74) is 2.94. The van der Waals surface area contributed by atoms with E-state index in [0.717, 1.165) is 5.69 Å². The number of halogens is 1. The first kappa shape index (κ1) is 14.6. The third-order valence-electron chi connectivity index (χ3n) is 3.29. The molecular formula is C17H18ClNO. The van der Waals surface area contributed by atoms with Crippen molar-refractivity contribution >= 4 is 23.1 Å². The van der Waals surface area contributed by atoms with Gasteiger partial charge in [0.25, 0.3) is 0 Å². The van der Waals surface area contributed by atoms with E-state index in [1.165, 1.54) is 5.56 Å². The van der Waals surface area contributed by atoms with Crippen molar-refractivity contribution in [3.05, 3.63) is 64.7 Å². The first-order valence-corrected chi connectivity index (χ1v) is 7.01. The van der Waals surface area contributed by atoms with Crippen molar-refractivity contribution in [1.29, 1.82) is 0 Å². The maximum atomic E-state index is 12.2. The minimum Gasteiger partial charge on any atom is -0.374 e. The lowest BCUT2D eigenvalue weighted by molar-refractivity contribution is 0.0985. The number of carbonyl (C=O) groups excluding carboxylic acids is 1. The van der Waals surface area contributed by atoms with Gasteiger partial charge in [-0.25, -0.2) is 0 Å². The van der Waals surface area contributed by atoms with E-state index >= 15 is 0 Å². The van der Waals surface area contributed by atoms with Gasteiger partial charge in [0.1, 0.15) is 0 Å². The molecule has 0 aliphatic rings. The van der Waals surface area contributed by atoms with Gasteiger partial charge in [-0.3, -0.25) is 4.79 Å². The normalized spacial score (nSPS) is 10.3. The molecule has 2 aromatic carbocycles. The molecule has 0 saturated carbocycles. The molecule has 3 heteroatoms. The highest BCUT2D eigenvalue weighted by Gasteiger charge is 2.11. The summed E-state index contributed by atoms with van der Waals surface area (Å²) in [6.07, 6.45) is 0.453. The Bertz CT molecular complexity index is 609. The van der Waals surface area contributed by atoms with Crippen molar-refractivity contribution in [2.45, 2.75) is 13.3 Å². The van der Waals surface area contributed by atoms with Gasteiger partial charge in [0.2, 0.25) is 0 Å². The van der Waals surface area contributed by atoms with Gasteiger partial charge in [0.05, 0.1) is 5.02 Å². The van der Waals surface area contributed by atoms with Crippen LogP contribution >= 0.6 is 11.6 Å². The number of Topliss-reactive ketones (excluding diaryl/α,β-unsaturated/α-hetero) is 1. The lowest BCUT2D eigenvalue weighted by Gasteiger charge is -2.19. The van der Waals surface area contributed by atoms with Crippen LogP contribution in [0, 0.1) is 6.92 Å². The van der Waals surface area contributed by atoms with E-state index < -0.39 is 0 Å². The quantitative estimate of drug-likeness (QED) is 0.762. The first-order valence-electron chi connectivity index (χ1n) is 6.63. The molecule has 2 nitrogen and oxygen atoms in total. The fourth-order valence-corrected chi connectivity index (χ4v) is 2.33. The zero-order valence-electron chi connectivity index (χ0n) is 11.8. The molecule has 0 N–H and O–H groups in total. The Balaban J connectivity index is 1.99. The number of ketones is 1. The van der Waals surface area contributed by atoms with Gasteiger partial charge in [-0.2, -0.15) is 0 Å². The summed E-state index contributed by atoms with van der Waals surface area (Å²) in [6, 6.07) is 15.4. The second-order valence-electron chi connectivity index (χ2n) is 4.91. The fraction of sp³-hybridized carbons (Fsp3) is 0.235. The molecule has 0 fully saturated rings. The van der Waals surface area contributed by atoms with E-state index in [2.05, 4.69) is 24.0 Å². The van der Waals surface area contributed by atoms with Crippen LogP contribution in [0.4, 0.5) is 5.69 Å². The number of nitrogens with zero attached hydrogens (tertiary/aromatic N) is 1. The summed E-state index contributed by atoms with van der Waals surface area (Å²) < 4.78 is 0. The number of anilines is 1. The molecule has 0 amide bonds. The van der Waals surface area contributed by atoms with Crippen LogP contribution in [0.1, 0.15) is 22.3 Å². The summed E-state index contributed by atoms with van der Waals surface area (Å²) in [5, 5.41) is 0.524. The van der Waals surface area contributed by atoms with Gasteiger partial charge in [-0.05, 0) is 36.8 Å². The highest BCUT2D eigenvalue weighted by Crippen LogP contribution is 2.18. The highest BCUT2D eigenvalue weighted by atomic mass is 35.5. The van der Waals surface area contributed by atoms with Gasteiger partial charge in [-0.1, -0.05) is 35.9 Å². The molecule has 0 aliphatic heterocycles. The van der Waals surface area contributed by atoms with Crippen LogP contribution < -0.4 is 4.90 Å². The third kappa shape index (κ3) is 3.61. The maximum absolute atomic E-state index is 12.2. The summed E-state index contributed by atoms with van der Waals surface area (Å²) in [7, 11) is 1.99. The van der Waals surface area contributed by atoms with E-state index in [9.17, 15) is 4.79 Å². The summed E-state index contributed by atoms with van der Waals surface area (Å²) in [5.74, 6) is 0.0788. The zero-order chi connectivity index (χ0) is 14.5. The van der Waals surface area contributed by atoms with Gasteiger partial charge < -0.3 is 4.90 Å². The predicted octanol–water partition coefficient (Wildman–Crippen LogP) is 4.36. The van der Waals surface area contributed by atoms with Crippen LogP contribution in [0.25, 0.3) is 0 Å². The average Bonchev–Trinajstić information content (AvgIpc) is 2.45. The molecule has 0 atom stereocenters. The molecule has 0 aromatic heterocycles. The largest absolute Gasteiger partial charge is 0.374 e. The Morgan fingerprint density at radius 2 is 1.90 bits per heavy atom. The van der Waals surface area contributed by atoms with Crippen LogP contribution in [0.5, 0.6) is 0 Å². The Morgan fingerprint density at radius 1 is 1.15 bits per heavy atom. The van der Waals surface area contributed by atoms with Crippen molar-refractivity contribution in [2.75, 3.05) is 18.5 Å². The van der Waals surface area contributed by atoms with E-state index in [4.69, 9.17) is 11.6 Å². The second-order valence-corrected chi connectivity index (χ2v) is 5.32. The molecule has 0 aliphatic carbocycles. The SMILES string of the molecule is Cc1cccc(N(C)CCC(=O)c2ccccc2Cl)c1. The van der Waals surface area contributed by atoms with Crippen molar-refractivity contribution < 1.29 is 4.79 Å². The molecular weight excluding hydrogens is 270 g/mol. The van der Waals surface area contributed by atoms with Crippen molar-refractivity contribution in [2.24, 2.45) is 0 Å². The van der Waals surface area contributed by atoms with Crippen LogP contribution in [-0.2, 0) is 0 Å². The summed E-state index contributed by atoms with van der Waals surface area (Å²) in [4.78, 5) is 14.2. The standard InChI is InChI=1S/C17H18ClNO/c1-13-6-5-7-14(12-13)19(2)11-10-17(20)15-8-3-4-9-16(15)18/h3-9,12H,10-11H2,1-2H3. The summed E-state index contributed by atoms with van der Waals surface area (Å²) in [6.45, 7) is 2.74. The Kier molecular flexibility index (Phi) is 4.80. The highest BCUT2D eigenvalue weighted by molar-refractivity contribution is 6.33. The monoisotopic (exact) mass is 287 g/mol. The zero-order valence-corrected chi connectivity index (χ0v) is 12.5. The predicted molar refractivity (Wildman–Crippen MR) is 84.8 cm³/mol. The second kappa shape index (κ2) is 6.58. The number of benzene rings is 2. The van der Waals surface area contributed by atoms with Crippen LogP contribution in [0.15, 0.2) is 48.5 Å². The van der Waals surface area contributed by atoms with E-state index in [-0.39, 0.29) is 5.78 Å². The fourth-order valence-electron chi connectivity index (χ4n) is 2.09. The summed E-state index contributed by atoms with van der Waals surface area (Å²) >= 11 is 6.04. The molecule has 2 aromatic rings. The Hall–Kier alpha value is -1.80. The van der Waals surface area contributed by atoms with Gasteiger partial charge in [-0.15, -0.1) is 0 Å². The van der Waals surface area contributed by atoms with Crippen LogP contribution in [0.3, 0.4) is 0 Å². The average molecular weight is 288 g/mol. The number of carbonyl (C=O) groups is 1. The van der Waals surface area contributed by atoms with Crippen molar-refractivity contribution in [3.63, 3.8) is 0 Å². The first-order chi connectivity index (χ1) is 9.58. The Morgan fingerprint density at radius 3 is 2.60 bits per heavy atom. The number of hydrogen-bond donors (Lipinski definition) is 0. The van der Waals surface area contributed by atoms with Crippen molar-refractivity contribution in [3.8, 4) is 0 Å². The molecule has 0 radical (unpaired) electrons. The van der Waals surface area contributed by atoms with Gasteiger partial charge in [0, 0.05) is 31.3 Å².